The number of unbranched alkanes of at least 4 members (excludes halogenated alkanes) is 2. The average Bonchev–Trinajstić information content (AvgIpc) is 3.29. The first-order chi connectivity index (χ1) is 12.8. The molecular weight excluding hydrogens is 328 g/mol. The normalized spacial score (nSPS) is 12.8. The summed E-state index contributed by atoms with van der Waals surface area (Å²) in [6.45, 7) is 3.85. The highest BCUT2D eigenvalue weighted by Crippen LogP contribution is 2.32. The molecular formula is C19H24N6O. The smallest absolute Gasteiger partial charge is 0.233 e. The lowest BCUT2D eigenvalue weighted by molar-refractivity contribution is 0.414. The molecule has 1 aliphatic heterocycles. The Balaban J connectivity index is 1.60. The molecule has 2 aromatic heterocycles. The second-order valence-electron chi connectivity index (χ2n) is 6.59. The summed E-state index contributed by atoms with van der Waals surface area (Å²) in [5, 5.41) is 8.96. The van der Waals surface area contributed by atoms with Crippen LogP contribution in [-0.4, -0.2) is 38.4 Å². The van der Waals surface area contributed by atoms with Gasteiger partial charge in [0.25, 0.3) is 0 Å². The minimum Gasteiger partial charge on any atom is -0.497 e. The number of anilines is 2. The monoisotopic (exact) mass is 352 g/mol. The molecule has 0 amide bonds. The summed E-state index contributed by atoms with van der Waals surface area (Å²) in [5.74, 6) is 3.70. The molecule has 4 rings (SSSR count). The molecule has 26 heavy (non-hydrogen) atoms. The number of imidazole rings is 1. The summed E-state index contributed by atoms with van der Waals surface area (Å²) in [6, 6.07) is 8.10. The van der Waals surface area contributed by atoms with Gasteiger partial charge in [0.1, 0.15) is 11.6 Å². The fourth-order valence-corrected chi connectivity index (χ4v) is 3.39. The molecule has 0 spiro atoms. The number of hydrogen-bond acceptors (Lipinski definition) is 5. The largest absolute Gasteiger partial charge is 0.497 e. The molecule has 1 N–H and O–H groups in total. The zero-order chi connectivity index (χ0) is 17.9. The predicted octanol–water partition coefficient (Wildman–Crippen LogP) is 3.29. The van der Waals surface area contributed by atoms with Gasteiger partial charge in [0.15, 0.2) is 5.82 Å². The fraction of sp³-hybridized carbons (Fsp3) is 0.421. The van der Waals surface area contributed by atoms with Crippen molar-refractivity contribution in [1.82, 2.24) is 24.7 Å². The van der Waals surface area contributed by atoms with Crippen LogP contribution >= 0.6 is 0 Å². The lowest BCUT2D eigenvalue weighted by Gasteiger charge is -2.27. The second kappa shape index (κ2) is 7.19. The molecule has 1 aliphatic rings. The summed E-state index contributed by atoms with van der Waals surface area (Å²) in [4.78, 5) is 9.96. The predicted molar refractivity (Wildman–Crippen MR) is 100 cm³/mol. The fourth-order valence-electron chi connectivity index (χ4n) is 3.39. The standard InChI is InChI=1S/C19H24N6O/c1-3-4-5-10-24-18-16(20-13-21-18)12-25-17(22-23-19(24)25)11-14-6-8-15(26-2)9-7-14/h6-9,13H,3-5,10-12H2,1-2H3,(H,20,21). The number of methoxy groups -OCH3 is 1. The Morgan fingerprint density at radius 2 is 2.00 bits per heavy atom. The van der Waals surface area contributed by atoms with Crippen molar-refractivity contribution in [2.75, 3.05) is 18.6 Å². The number of hydrogen-bond donors (Lipinski definition) is 1. The lowest BCUT2D eigenvalue weighted by Crippen LogP contribution is -2.28. The van der Waals surface area contributed by atoms with Crippen molar-refractivity contribution in [3.05, 3.63) is 47.7 Å². The Labute approximate surface area is 153 Å². The van der Waals surface area contributed by atoms with Crippen LogP contribution < -0.4 is 9.64 Å². The maximum absolute atomic E-state index is 5.23. The third-order valence-electron chi connectivity index (χ3n) is 4.82. The Hall–Kier alpha value is -2.83. The van der Waals surface area contributed by atoms with E-state index in [1.54, 1.807) is 13.4 Å². The van der Waals surface area contributed by atoms with Gasteiger partial charge in [-0.15, -0.1) is 10.2 Å². The number of nitrogens with zero attached hydrogens (tertiary/aromatic N) is 5. The number of aromatic nitrogens is 5. The number of rotatable bonds is 7. The molecule has 0 saturated carbocycles. The van der Waals surface area contributed by atoms with Crippen molar-refractivity contribution in [3.63, 3.8) is 0 Å². The molecule has 7 heteroatoms. The van der Waals surface area contributed by atoms with Gasteiger partial charge in [-0.3, -0.25) is 9.47 Å². The van der Waals surface area contributed by atoms with Gasteiger partial charge in [0.2, 0.25) is 5.95 Å². The van der Waals surface area contributed by atoms with E-state index in [-0.39, 0.29) is 0 Å². The van der Waals surface area contributed by atoms with E-state index in [2.05, 4.69) is 48.7 Å². The summed E-state index contributed by atoms with van der Waals surface area (Å²) < 4.78 is 7.43. The van der Waals surface area contributed by atoms with Crippen LogP contribution in [0.25, 0.3) is 0 Å². The topological polar surface area (TPSA) is 71.9 Å². The van der Waals surface area contributed by atoms with E-state index in [1.165, 1.54) is 18.4 Å². The Morgan fingerprint density at radius 1 is 1.15 bits per heavy atom. The minimum absolute atomic E-state index is 0.730. The number of H-pyrrole nitrogens is 1. The van der Waals surface area contributed by atoms with Gasteiger partial charge >= 0.3 is 0 Å². The first-order valence-electron chi connectivity index (χ1n) is 9.15. The molecule has 3 heterocycles. The van der Waals surface area contributed by atoms with E-state index in [0.717, 1.165) is 55.0 Å². The van der Waals surface area contributed by atoms with Crippen molar-refractivity contribution in [2.45, 2.75) is 39.2 Å². The number of ether oxygens (including phenoxy) is 1. The Bertz CT molecular complexity index is 867. The van der Waals surface area contributed by atoms with Crippen molar-refractivity contribution < 1.29 is 4.74 Å². The second-order valence-corrected chi connectivity index (χ2v) is 6.59. The molecule has 7 nitrogen and oxygen atoms in total. The average molecular weight is 352 g/mol. The highest BCUT2D eigenvalue weighted by atomic mass is 16.5. The Kier molecular flexibility index (Phi) is 4.60. The molecule has 0 fully saturated rings. The van der Waals surface area contributed by atoms with E-state index in [0.29, 0.717) is 0 Å². The summed E-state index contributed by atoms with van der Waals surface area (Å²) >= 11 is 0. The number of aromatic amines is 1. The highest BCUT2D eigenvalue weighted by Gasteiger charge is 2.28. The van der Waals surface area contributed by atoms with Crippen molar-refractivity contribution in [1.29, 1.82) is 0 Å². The van der Waals surface area contributed by atoms with Gasteiger partial charge in [0.05, 0.1) is 25.7 Å². The summed E-state index contributed by atoms with van der Waals surface area (Å²) in [5.41, 5.74) is 2.30. The number of benzene rings is 1. The Morgan fingerprint density at radius 3 is 2.77 bits per heavy atom. The van der Waals surface area contributed by atoms with Crippen molar-refractivity contribution >= 4 is 11.8 Å². The van der Waals surface area contributed by atoms with E-state index in [4.69, 9.17) is 4.74 Å². The quantitative estimate of drug-likeness (QED) is 0.661. The molecule has 0 radical (unpaired) electrons. The summed E-state index contributed by atoms with van der Waals surface area (Å²) in [6.07, 6.45) is 6.01. The highest BCUT2D eigenvalue weighted by molar-refractivity contribution is 5.59. The van der Waals surface area contributed by atoms with Gasteiger partial charge in [-0.05, 0) is 24.1 Å². The van der Waals surface area contributed by atoms with Crippen LogP contribution in [0.15, 0.2) is 30.6 Å². The van der Waals surface area contributed by atoms with E-state index in [9.17, 15) is 0 Å². The van der Waals surface area contributed by atoms with Gasteiger partial charge in [-0.2, -0.15) is 0 Å². The van der Waals surface area contributed by atoms with E-state index < -0.39 is 0 Å². The molecule has 0 atom stereocenters. The van der Waals surface area contributed by atoms with Crippen molar-refractivity contribution in [2.24, 2.45) is 0 Å². The molecule has 3 aromatic rings. The molecule has 0 unspecified atom stereocenters. The molecule has 136 valence electrons. The van der Waals surface area contributed by atoms with E-state index in [1.807, 2.05) is 12.1 Å². The van der Waals surface area contributed by atoms with Gasteiger partial charge in [0, 0.05) is 13.0 Å². The third-order valence-corrected chi connectivity index (χ3v) is 4.82. The number of fused-ring (bicyclic) bond motifs is 2. The molecule has 0 aliphatic carbocycles. The molecule has 0 saturated heterocycles. The lowest BCUT2D eigenvalue weighted by atomic mass is 10.1. The molecule has 1 aromatic carbocycles. The summed E-state index contributed by atoms with van der Waals surface area (Å²) in [7, 11) is 1.68. The van der Waals surface area contributed by atoms with Gasteiger partial charge < -0.3 is 9.72 Å². The van der Waals surface area contributed by atoms with E-state index >= 15 is 0 Å². The maximum Gasteiger partial charge on any atom is 0.233 e. The first-order valence-corrected chi connectivity index (χ1v) is 9.15. The molecule has 0 bridgehead atoms. The van der Waals surface area contributed by atoms with Crippen LogP contribution in [0.2, 0.25) is 0 Å². The first kappa shape index (κ1) is 16.6. The van der Waals surface area contributed by atoms with Crippen LogP contribution in [-0.2, 0) is 13.0 Å². The van der Waals surface area contributed by atoms with Crippen LogP contribution in [0.5, 0.6) is 5.75 Å². The van der Waals surface area contributed by atoms with Crippen molar-refractivity contribution in [3.8, 4) is 5.75 Å². The van der Waals surface area contributed by atoms with Crippen LogP contribution in [0.1, 0.15) is 43.3 Å². The minimum atomic E-state index is 0.730. The number of nitrogens with one attached hydrogen (secondary N) is 1. The zero-order valence-electron chi connectivity index (χ0n) is 15.3. The van der Waals surface area contributed by atoms with Crippen LogP contribution in [0, 0.1) is 0 Å². The third kappa shape index (κ3) is 3.05. The van der Waals surface area contributed by atoms with Gasteiger partial charge in [-0.1, -0.05) is 31.9 Å². The van der Waals surface area contributed by atoms with Gasteiger partial charge in [-0.25, -0.2) is 4.98 Å². The SMILES string of the molecule is CCCCCN1c2nc[nH]c2Cn2c(Cc3ccc(OC)cc3)nnc21. The van der Waals surface area contributed by atoms with Crippen LogP contribution in [0.4, 0.5) is 11.8 Å². The maximum atomic E-state index is 5.23. The van der Waals surface area contributed by atoms with Crippen LogP contribution in [0.3, 0.4) is 0 Å². The zero-order valence-corrected chi connectivity index (χ0v) is 15.3.